The highest BCUT2D eigenvalue weighted by atomic mass is 32.1. The molecule has 0 aliphatic carbocycles. The van der Waals surface area contributed by atoms with Gasteiger partial charge in [0.15, 0.2) is 10.8 Å². The summed E-state index contributed by atoms with van der Waals surface area (Å²) in [6.45, 7) is 6.72. The van der Waals surface area contributed by atoms with Gasteiger partial charge in [-0.2, -0.15) is 0 Å². The summed E-state index contributed by atoms with van der Waals surface area (Å²) in [7, 11) is 0. The first-order valence-corrected chi connectivity index (χ1v) is 6.88. The highest BCUT2D eigenvalue weighted by Crippen LogP contribution is 2.30. The molecular weight excluding hydrogens is 268 g/mol. The Morgan fingerprint density at radius 3 is 2.84 bits per heavy atom. The number of anilines is 1. The monoisotopic (exact) mass is 286 g/mol. The molecule has 19 heavy (non-hydrogen) atoms. The van der Waals surface area contributed by atoms with E-state index < -0.39 is 11.6 Å². The van der Waals surface area contributed by atoms with Gasteiger partial charge in [-0.1, -0.05) is 0 Å². The van der Waals surface area contributed by atoms with Gasteiger partial charge < -0.3 is 19.8 Å². The first kappa shape index (κ1) is 14.2. The Bertz CT molecular complexity index is 486. The lowest BCUT2D eigenvalue weighted by Gasteiger charge is -2.42. The molecule has 1 aromatic rings. The van der Waals surface area contributed by atoms with Crippen LogP contribution in [0.25, 0.3) is 0 Å². The second-order valence-electron chi connectivity index (χ2n) is 5.27. The number of carbonyl (C=O) groups is 1. The van der Waals surface area contributed by atoms with Crippen LogP contribution in [0.5, 0.6) is 0 Å². The summed E-state index contributed by atoms with van der Waals surface area (Å²) in [5.74, 6) is -1.01. The van der Waals surface area contributed by atoms with Gasteiger partial charge in [0.2, 0.25) is 0 Å². The van der Waals surface area contributed by atoms with E-state index in [-0.39, 0.29) is 18.4 Å². The van der Waals surface area contributed by atoms with E-state index in [1.165, 1.54) is 11.3 Å². The van der Waals surface area contributed by atoms with Crippen molar-refractivity contribution in [3.63, 3.8) is 0 Å². The topological polar surface area (TPSA) is 82.9 Å². The van der Waals surface area contributed by atoms with Gasteiger partial charge in [-0.25, -0.2) is 9.78 Å². The largest absolute Gasteiger partial charge is 0.476 e. The van der Waals surface area contributed by atoms with Crippen molar-refractivity contribution < 1.29 is 19.7 Å². The minimum absolute atomic E-state index is 0.0594. The molecule has 1 atom stereocenters. The third-order valence-electron chi connectivity index (χ3n) is 2.94. The summed E-state index contributed by atoms with van der Waals surface area (Å²) in [5.41, 5.74) is -0.293. The van der Waals surface area contributed by atoms with Crippen LogP contribution in [0.4, 0.5) is 5.13 Å². The number of aliphatic hydroxyl groups excluding tert-OH is 1. The zero-order chi connectivity index (χ0) is 14.2. The van der Waals surface area contributed by atoms with E-state index in [1.54, 1.807) is 6.92 Å². The van der Waals surface area contributed by atoms with Gasteiger partial charge >= 0.3 is 5.97 Å². The Balaban J connectivity index is 2.25. The number of rotatable bonds is 3. The molecule has 0 spiro atoms. The maximum atomic E-state index is 11.0. The molecule has 2 rings (SSSR count). The zero-order valence-corrected chi connectivity index (χ0v) is 12.0. The van der Waals surface area contributed by atoms with Crippen LogP contribution in [-0.2, 0) is 4.74 Å². The van der Waals surface area contributed by atoms with Crippen LogP contribution in [0.2, 0.25) is 0 Å². The molecule has 2 N–H and O–H groups in total. The lowest BCUT2D eigenvalue weighted by molar-refractivity contribution is -0.101. The number of aryl methyl sites for hydroxylation is 1. The molecule has 1 aliphatic rings. The van der Waals surface area contributed by atoms with Crippen molar-refractivity contribution in [3.05, 3.63) is 10.6 Å². The smallest absolute Gasteiger partial charge is 0.355 e. The normalized spacial score (nSPS) is 22.5. The number of carboxylic acids is 1. The number of aromatic nitrogens is 1. The van der Waals surface area contributed by atoms with E-state index in [9.17, 15) is 9.90 Å². The van der Waals surface area contributed by atoms with Crippen LogP contribution < -0.4 is 4.90 Å². The van der Waals surface area contributed by atoms with Gasteiger partial charge in [-0.3, -0.25) is 0 Å². The van der Waals surface area contributed by atoms with Crippen molar-refractivity contribution >= 4 is 22.4 Å². The SMILES string of the molecule is Cc1sc(N2CC(CO)OC(C)(C)C2)nc1C(=O)O. The minimum atomic E-state index is -1.01. The number of thiazole rings is 1. The van der Waals surface area contributed by atoms with Gasteiger partial charge in [-0.05, 0) is 20.8 Å². The van der Waals surface area contributed by atoms with Crippen molar-refractivity contribution in [1.29, 1.82) is 0 Å². The molecule has 1 unspecified atom stereocenters. The number of nitrogens with zero attached hydrogens (tertiary/aromatic N) is 2. The van der Waals surface area contributed by atoms with Gasteiger partial charge in [0.1, 0.15) is 0 Å². The Kier molecular flexibility index (Phi) is 3.80. The van der Waals surface area contributed by atoms with E-state index >= 15 is 0 Å². The third-order valence-corrected chi connectivity index (χ3v) is 3.97. The van der Waals surface area contributed by atoms with Crippen LogP contribution >= 0.6 is 11.3 Å². The molecular formula is C12H18N2O4S. The summed E-state index contributed by atoms with van der Waals surface area (Å²) in [6, 6.07) is 0. The Morgan fingerprint density at radius 1 is 1.63 bits per heavy atom. The molecule has 2 heterocycles. The van der Waals surface area contributed by atoms with Crippen LogP contribution in [-0.4, -0.2) is 52.6 Å². The molecule has 0 aromatic carbocycles. The van der Waals surface area contributed by atoms with Gasteiger partial charge in [0.05, 0.1) is 18.3 Å². The summed E-state index contributed by atoms with van der Waals surface area (Å²) in [5, 5.41) is 19.0. The molecule has 0 radical (unpaired) electrons. The molecule has 0 amide bonds. The average Bonchev–Trinajstić information content (AvgIpc) is 2.69. The first-order chi connectivity index (χ1) is 8.82. The quantitative estimate of drug-likeness (QED) is 0.866. The number of hydrogen-bond donors (Lipinski definition) is 2. The Morgan fingerprint density at radius 2 is 2.32 bits per heavy atom. The first-order valence-electron chi connectivity index (χ1n) is 6.07. The molecule has 1 fully saturated rings. The van der Waals surface area contributed by atoms with E-state index in [0.29, 0.717) is 23.1 Å². The third kappa shape index (κ3) is 3.05. The number of ether oxygens (including phenoxy) is 1. The molecule has 0 saturated carbocycles. The molecule has 6 nitrogen and oxygen atoms in total. The Hall–Kier alpha value is -1.18. The minimum Gasteiger partial charge on any atom is -0.476 e. The number of hydrogen-bond acceptors (Lipinski definition) is 6. The predicted molar refractivity (Wildman–Crippen MR) is 72.1 cm³/mol. The lowest BCUT2D eigenvalue weighted by atomic mass is 10.1. The van der Waals surface area contributed by atoms with Gasteiger partial charge in [-0.15, -0.1) is 11.3 Å². The summed E-state index contributed by atoms with van der Waals surface area (Å²) in [4.78, 5) is 17.9. The van der Waals surface area contributed by atoms with E-state index in [4.69, 9.17) is 9.84 Å². The van der Waals surface area contributed by atoms with Crippen LogP contribution in [0.1, 0.15) is 29.2 Å². The standard InChI is InChI=1S/C12H18N2O4S/c1-7-9(10(16)17)13-11(19-7)14-4-8(5-15)18-12(2,3)6-14/h8,15H,4-6H2,1-3H3,(H,16,17). The zero-order valence-electron chi connectivity index (χ0n) is 11.2. The number of aromatic carboxylic acids is 1. The Labute approximate surface area is 115 Å². The van der Waals surface area contributed by atoms with E-state index in [1.807, 2.05) is 18.7 Å². The number of carboxylic acid groups (broad SMARTS) is 1. The fourth-order valence-electron chi connectivity index (χ4n) is 2.25. The van der Waals surface area contributed by atoms with Crippen LogP contribution in [0.15, 0.2) is 0 Å². The highest BCUT2D eigenvalue weighted by Gasteiger charge is 2.34. The summed E-state index contributed by atoms with van der Waals surface area (Å²) >= 11 is 1.36. The second kappa shape index (κ2) is 5.07. The van der Waals surface area contributed by atoms with Gasteiger partial charge in [0.25, 0.3) is 0 Å². The molecule has 0 bridgehead atoms. The maximum absolute atomic E-state index is 11.0. The van der Waals surface area contributed by atoms with Gasteiger partial charge in [0, 0.05) is 18.0 Å². The molecule has 1 aliphatic heterocycles. The lowest BCUT2D eigenvalue weighted by Crippen LogP contribution is -2.54. The molecule has 1 aromatic heterocycles. The fourth-order valence-corrected chi connectivity index (χ4v) is 3.16. The second-order valence-corrected chi connectivity index (χ2v) is 6.45. The maximum Gasteiger partial charge on any atom is 0.355 e. The summed E-state index contributed by atoms with van der Waals surface area (Å²) in [6.07, 6.45) is -0.277. The number of morpholine rings is 1. The molecule has 1 saturated heterocycles. The van der Waals surface area contributed by atoms with Crippen molar-refractivity contribution in [3.8, 4) is 0 Å². The van der Waals surface area contributed by atoms with Crippen LogP contribution in [0, 0.1) is 6.92 Å². The highest BCUT2D eigenvalue weighted by molar-refractivity contribution is 7.15. The summed E-state index contributed by atoms with van der Waals surface area (Å²) < 4.78 is 5.73. The fraction of sp³-hybridized carbons (Fsp3) is 0.667. The van der Waals surface area contributed by atoms with Crippen molar-refractivity contribution in [2.45, 2.75) is 32.5 Å². The van der Waals surface area contributed by atoms with E-state index in [0.717, 1.165) is 0 Å². The van der Waals surface area contributed by atoms with E-state index in [2.05, 4.69) is 4.98 Å². The molecule has 106 valence electrons. The van der Waals surface area contributed by atoms with Crippen molar-refractivity contribution in [1.82, 2.24) is 4.98 Å². The van der Waals surface area contributed by atoms with Crippen LogP contribution in [0.3, 0.4) is 0 Å². The average molecular weight is 286 g/mol. The molecule has 7 heteroatoms. The van der Waals surface area contributed by atoms with Crippen molar-refractivity contribution in [2.75, 3.05) is 24.6 Å². The van der Waals surface area contributed by atoms with Crippen molar-refractivity contribution in [2.24, 2.45) is 0 Å². The number of aliphatic hydroxyl groups is 1. The predicted octanol–water partition coefficient (Wildman–Crippen LogP) is 1.13.